The van der Waals surface area contributed by atoms with E-state index < -0.39 is 0 Å². The van der Waals surface area contributed by atoms with Crippen molar-refractivity contribution in [3.63, 3.8) is 0 Å². The monoisotopic (exact) mass is 720 g/mol. The van der Waals surface area contributed by atoms with Crippen molar-refractivity contribution in [1.82, 2.24) is 0 Å². The topological polar surface area (TPSA) is 6.48 Å². The molecule has 0 spiro atoms. The van der Waals surface area contributed by atoms with E-state index in [2.05, 4.69) is 194 Å². The average molecular weight is 721 g/mol. The molecule has 0 saturated heterocycles. The van der Waals surface area contributed by atoms with E-state index >= 15 is 0 Å². The molecular formula is C49H40N2S2. The van der Waals surface area contributed by atoms with Crippen LogP contribution >= 0.6 is 23.1 Å². The molecule has 0 fully saturated rings. The third-order valence-corrected chi connectivity index (χ3v) is 12.6. The minimum atomic E-state index is 0.174. The number of para-hydroxylation sites is 2. The molecule has 1 aromatic heterocycles. The number of hydrogen-bond donors (Lipinski definition) is 0. The van der Waals surface area contributed by atoms with Crippen LogP contribution in [0.25, 0.3) is 30.9 Å². The summed E-state index contributed by atoms with van der Waals surface area (Å²) in [7, 11) is 0. The summed E-state index contributed by atoms with van der Waals surface area (Å²) in [5.74, 6) is 0. The van der Waals surface area contributed by atoms with Crippen molar-refractivity contribution in [2.24, 2.45) is 0 Å². The minimum absolute atomic E-state index is 0.174. The maximum Gasteiger partial charge on any atom is 0.0559 e. The number of anilines is 4. The molecule has 0 bridgehead atoms. The Balaban J connectivity index is 1.20. The van der Waals surface area contributed by atoms with Crippen molar-refractivity contribution in [3.05, 3.63) is 198 Å². The predicted octanol–water partition coefficient (Wildman–Crippen LogP) is 14.4. The smallest absolute Gasteiger partial charge is 0.0559 e. The fourth-order valence-electron chi connectivity index (χ4n) is 7.84. The van der Waals surface area contributed by atoms with Gasteiger partial charge in [-0.25, -0.2) is 0 Å². The first-order valence-corrected chi connectivity index (χ1v) is 19.9. The van der Waals surface area contributed by atoms with Gasteiger partial charge >= 0.3 is 0 Å². The summed E-state index contributed by atoms with van der Waals surface area (Å²) in [5.41, 5.74) is 9.65. The molecule has 0 saturated carbocycles. The molecule has 6 aromatic carbocycles. The maximum absolute atomic E-state index is 4.52. The van der Waals surface area contributed by atoms with E-state index in [1.807, 2.05) is 23.1 Å². The lowest BCUT2D eigenvalue weighted by Gasteiger charge is -2.35. The number of benzene rings is 6. The van der Waals surface area contributed by atoms with Gasteiger partial charge in [-0.05, 0) is 114 Å². The highest BCUT2D eigenvalue weighted by atomic mass is 32.2. The number of allylic oxidation sites excluding steroid dienone is 6. The molecule has 0 radical (unpaired) electrons. The molecule has 1 aliphatic heterocycles. The molecule has 0 amide bonds. The summed E-state index contributed by atoms with van der Waals surface area (Å²) in [4.78, 5) is 7.64. The lowest BCUT2D eigenvalue weighted by atomic mass is 9.99. The Labute approximate surface area is 320 Å². The van der Waals surface area contributed by atoms with Crippen molar-refractivity contribution in [2.45, 2.75) is 37.6 Å². The standard InChI is InChI=1S/C49H40N2S2/c1-33(2)44(28-27-39-31-42-34(3)16-15-25-46(42)52-39)51(37-21-11-6-12-22-37)38-26-29-47-43(30-38)49-41-24-14-13-23-40(41)45(32-48(49)53-47)50(35-17-7-4-8-18-35)36-19-9-5-10-20-36/h4-21,23-30,32,37H,1,22,31H2,2-3H3/b39-27+,44-28+. The van der Waals surface area contributed by atoms with Crippen LogP contribution in [-0.4, -0.2) is 6.04 Å². The molecule has 2 nitrogen and oxygen atoms in total. The molecule has 2 heterocycles. The molecule has 1 unspecified atom stereocenters. The van der Waals surface area contributed by atoms with Crippen molar-refractivity contribution < 1.29 is 0 Å². The quantitative estimate of drug-likeness (QED) is 0.144. The van der Waals surface area contributed by atoms with Gasteiger partial charge in [-0.2, -0.15) is 0 Å². The van der Waals surface area contributed by atoms with E-state index in [0.29, 0.717) is 0 Å². The van der Waals surface area contributed by atoms with Gasteiger partial charge in [-0.15, -0.1) is 11.3 Å². The molecule has 9 rings (SSSR count). The van der Waals surface area contributed by atoms with E-state index in [9.17, 15) is 0 Å². The number of fused-ring (bicyclic) bond motifs is 6. The van der Waals surface area contributed by atoms with Crippen LogP contribution in [0.5, 0.6) is 0 Å². The minimum Gasteiger partial charge on any atom is -0.334 e. The number of thioether (sulfide) groups is 1. The van der Waals surface area contributed by atoms with Gasteiger partial charge in [0.2, 0.25) is 0 Å². The number of thiophene rings is 1. The lowest BCUT2D eigenvalue weighted by Crippen LogP contribution is -2.34. The van der Waals surface area contributed by atoms with Crippen LogP contribution in [0.3, 0.4) is 0 Å². The highest BCUT2D eigenvalue weighted by Crippen LogP contribution is 2.47. The van der Waals surface area contributed by atoms with Crippen LogP contribution in [0.1, 0.15) is 24.5 Å². The summed E-state index contributed by atoms with van der Waals surface area (Å²) in [6.45, 7) is 8.88. The fourth-order valence-corrected chi connectivity index (χ4v) is 10.1. The predicted molar refractivity (Wildman–Crippen MR) is 232 cm³/mol. The van der Waals surface area contributed by atoms with Gasteiger partial charge in [0.15, 0.2) is 0 Å². The number of nitrogens with zero attached hydrogens (tertiary/aromatic N) is 2. The summed E-state index contributed by atoms with van der Waals surface area (Å²) in [6, 6.07) is 46.6. The van der Waals surface area contributed by atoms with E-state index in [1.54, 1.807) is 0 Å². The van der Waals surface area contributed by atoms with Gasteiger partial charge in [0, 0.05) is 59.6 Å². The van der Waals surface area contributed by atoms with Gasteiger partial charge in [-0.1, -0.05) is 115 Å². The third kappa shape index (κ3) is 6.22. The summed E-state index contributed by atoms with van der Waals surface area (Å²) >= 11 is 3.77. The molecule has 258 valence electrons. The van der Waals surface area contributed by atoms with Crippen LogP contribution in [0.15, 0.2) is 191 Å². The molecule has 7 aromatic rings. The van der Waals surface area contributed by atoms with E-state index in [0.717, 1.165) is 35.5 Å². The van der Waals surface area contributed by atoms with Crippen LogP contribution in [0, 0.1) is 6.92 Å². The highest BCUT2D eigenvalue weighted by Gasteiger charge is 2.24. The van der Waals surface area contributed by atoms with Crippen LogP contribution in [0.2, 0.25) is 0 Å². The number of rotatable bonds is 8. The SMILES string of the molecule is C=C(C)/C(=C\C=C1/Cc2c(C)cccc2S1)N(c1ccc2sc3cc(N(c4ccccc4)c4ccccc4)c4ccccc4c3c2c1)C1C=CC=CC1. The molecule has 2 aliphatic rings. The zero-order valence-electron chi connectivity index (χ0n) is 30.0. The molecule has 0 N–H and O–H groups in total. The zero-order valence-corrected chi connectivity index (χ0v) is 31.6. The van der Waals surface area contributed by atoms with Crippen molar-refractivity contribution in [3.8, 4) is 0 Å². The van der Waals surface area contributed by atoms with Crippen LogP contribution in [0.4, 0.5) is 22.7 Å². The van der Waals surface area contributed by atoms with Crippen molar-refractivity contribution in [1.29, 1.82) is 0 Å². The Morgan fingerprint density at radius 3 is 2.17 bits per heavy atom. The fraction of sp³-hybridized carbons (Fsp3) is 0.102. The molecular weight excluding hydrogens is 681 g/mol. The summed E-state index contributed by atoms with van der Waals surface area (Å²) < 4.78 is 2.57. The number of hydrogen-bond acceptors (Lipinski definition) is 4. The first kappa shape index (κ1) is 33.3. The van der Waals surface area contributed by atoms with Gasteiger partial charge in [0.25, 0.3) is 0 Å². The number of aryl methyl sites for hydroxylation is 1. The largest absolute Gasteiger partial charge is 0.334 e. The van der Waals surface area contributed by atoms with E-state index in [1.165, 1.54) is 63.2 Å². The first-order chi connectivity index (χ1) is 26.0. The Morgan fingerprint density at radius 2 is 1.47 bits per heavy atom. The van der Waals surface area contributed by atoms with Crippen molar-refractivity contribution in [2.75, 3.05) is 9.80 Å². The van der Waals surface area contributed by atoms with Gasteiger partial charge < -0.3 is 9.80 Å². The van der Waals surface area contributed by atoms with E-state index in [4.69, 9.17) is 0 Å². The Hall–Kier alpha value is -5.55. The van der Waals surface area contributed by atoms with Crippen LogP contribution in [-0.2, 0) is 6.42 Å². The first-order valence-electron chi connectivity index (χ1n) is 18.3. The molecule has 1 atom stereocenters. The molecule has 1 aliphatic carbocycles. The maximum atomic E-state index is 4.52. The van der Waals surface area contributed by atoms with Crippen molar-refractivity contribution >= 4 is 76.8 Å². The van der Waals surface area contributed by atoms with Gasteiger partial charge in [0.05, 0.1) is 11.7 Å². The van der Waals surface area contributed by atoms with Gasteiger partial charge in [0.1, 0.15) is 0 Å². The Kier molecular flexibility index (Phi) is 8.87. The molecule has 53 heavy (non-hydrogen) atoms. The normalized spacial score (nSPS) is 16.2. The van der Waals surface area contributed by atoms with Gasteiger partial charge in [-0.3, -0.25) is 0 Å². The second-order valence-electron chi connectivity index (χ2n) is 13.9. The van der Waals surface area contributed by atoms with E-state index in [-0.39, 0.29) is 6.04 Å². The Bertz CT molecular complexity index is 2600. The highest BCUT2D eigenvalue weighted by molar-refractivity contribution is 8.03. The van der Waals surface area contributed by atoms with Crippen LogP contribution < -0.4 is 9.80 Å². The third-order valence-electron chi connectivity index (χ3n) is 10.4. The second kappa shape index (κ2) is 14.1. The molecule has 4 heteroatoms. The summed E-state index contributed by atoms with van der Waals surface area (Å²) in [5, 5.41) is 5.09. The lowest BCUT2D eigenvalue weighted by molar-refractivity contribution is 0.757. The second-order valence-corrected chi connectivity index (χ2v) is 16.1. The Morgan fingerprint density at radius 1 is 0.736 bits per heavy atom. The zero-order chi connectivity index (χ0) is 35.9. The summed E-state index contributed by atoms with van der Waals surface area (Å²) in [6.07, 6.45) is 15.5. The average Bonchev–Trinajstić information content (AvgIpc) is 3.79.